The molecular weight excluding hydrogens is 408 g/mol. The van der Waals surface area contributed by atoms with E-state index in [0.717, 1.165) is 36.8 Å². The van der Waals surface area contributed by atoms with E-state index in [0.29, 0.717) is 5.71 Å². The molecule has 4 aromatic rings. The third-order valence-corrected chi connectivity index (χ3v) is 6.54. The lowest BCUT2D eigenvalue weighted by molar-refractivity contribution is 0.319. The van der Waals surface area contributed by atoms with E-state index in [2.05, 4.69) is 51.5 Å². The molecule has 0 aliphatic heterocycles. The molecule has 1 atom stereocenters. The molecule has 2 aromatic heterocycles. The molecule has 0 spiro atoms. The van der Waals surface area contributed by atoms with Gasteiger partial charge in [0.1, 0.15) is 5.71 Å². The number of pyridine rings is 2. The quantitative estimate of drug-likeness (QED) is 0.312. The van der Waals surface area contributed by atoms with Gasteiger partial charge in [0.2, 0.25) is 0 Å². The molecule has 2 heterocycles. The fraction of sp³-hybridized carbons (Fsp3) is 0.179. The third kappa shape index (κ3) is 4.15. The maximum Gasteiger partial charge on any atom is 0.119 e. The van der Waals surface area contributed by atoms with Crippen molar-refractivity contribution in [3.05, 3.63) is 130 Å². The normalized spacial score (nSPS) is 17.2. The minimum absolute atomic E-state index is 0.0256. The summed E-state index contributed by atoms with van der Waals surface area (Å²) >= 11 is 0. The first-order valence-electron chi connectivity index (χ1n) is 11.3. The van der Waals surface area contributed by atoms with E-state index in [-0.39, 0.29) is 6.04 Å². The Bertz CT molecular complexity index is 1220. The van der Waals surface area contributed by atoms with Crippen molar-refractivity contribution in [1.29, 1.82) is 0 Å². The highest BCUT2D eigenvalue weighted by atomic mass is 16.4. The number of hydrogen-bond acceptors (Lipinski definition) is 5. The number of nitrogens with zero attached hydrogens (tertiary/aromatic N) is 3. The summed E-state index contributed by atoms with van der Waals surface area (Å²) in [5.41, 5.74) is 16.4. The molecule has 0 amide bonds. The van der Waals surface area contributed by atoms with Crippen LogP contribution in [-0.4, -0.2) is 20.9 Å². The molecule has 0 fully saturated rings. The number of rotatable bonds is 0. The van der Waals surface area contributed by atoms with Gasteiger partial charge < -0.3 is 10.9 Å². The van der Waals surface area contributed by atoms with E-state index in [1.807, 2.05) is 36.7 Å². The maximum atomic E-state index is 9.27. The molecule has 0 bridgehead atoms. The van der Waals surface area contributed by atoms with Gasteiger partial charge in [0.05, 0.1) is 6.04 Å². The Hall–Kier alpha value is -3.83. The Morgan fingerprint density at radius 3 is 2.03 bits per heavy atom. The predicted octanol–water partition coefficient (Wildman–Crippen LogP) is 4.64. The lowest BCUT2D eigenvalue weighted by Crippen LogP contribution is -2.13. The van der Waals surface area contributed by atoms with Crippen molar-refractivity contribution in [3.63, 3.8) is 0 Å². The Morgan fingerprint density at radius 2 is 1.24 bits per heavy atom. The number of benzene rings is 2. The molecule has 3 N–H and O–H groups in total. The minimum Gasteiger partial charge on any atom is -0.410 e. The van der Waals surface area contributed by atoms with Gasteiger partial charge in [-0.2, -0.15) is 0 Å². The summed E-state index contributed by atoms with van der Waals surface area (Å²) in [5, 5.41) is 12.7. The molecule has 0 radical (unpaired) electrons. The van der Waals surface area contributed by atoms with Gasteiger partial charge in [-0.15, -0.1) is 0 Å². The molecule has 2 aromatic carbocycles. The van der Waals surface area contributed by atoms with Crippen molar-refractivity contribution in [2.75, 3.05) is 0 Å². The van der Waals surface area contributed by atoms with Crippen LogP contribution in [-0.2, 0) is 25.7 Å². The van der Waals surface area contributed by atoms with E-state index < -0.39 is 0 Å². The summed E-state index contributed by atoms with van der Waals surface area (Å²) in [6.07, 6.45) is 11.4. The average Bonchev–Trinajstić information content (AvgIpc) is 3.13. The average molecular weight is 435 g/mol. The van der Waals surface area contributed by atoms with E-state index in [9.17, 15) is 5.21 Å². The highest BCUT2D eigenvalue weighted by molar-refractivity contribution is 6.14. The zero-order valence-electron chi connectivity index (χ0n) is 18.4. The molecule has 164 valence electrons. The van der Waals surface area contributed by atoms with Crippen LogP contribution >= 0.6 is 0 Å². The maximum absolute atomic E-state index is 9.27. The summed E-state index contributed by atoms with van der Waals surface area (Å²) in [6, 6.07) is 20.5. The first-order valence-corrected chi connectivity index (χ1v) is 11.3. The number of aryl methyl sites for hydroxylation is 4. The highest BCUT2D eigenvalue weighted by Gasteiger charge is 2.20. The Balaban J connectivity index is 0.000000139. The number of fused-ring (bicyclic) bond motifs is 4. The monoisotopic (exact) mass is 434 g/mol. The van der Waals surface area contributed by atoms with Gasteiger partial charge in [-0.1, -0.05) is 53.7 Å². The van der Waals surface area contributed by atoms with E-state index in [4.69, 9.17) is 5.73 Å². The molecule has 5 nitrogen and oxygen atoms in total. The van der Waals surface area contributed by atoms with Crippen LogP contribution in [0.25, 0.3) is 0 Å². The third-order valence-electron chi connectivity index (χ3n) is 6.54. The Labute approximate surface area is 193 Å². The zero-order chi connectivity index (χ0) is 22.6. The van der Waals surface area contributed by atoms with Crippen LogP contribution in [0.4, 0.5) is 0 Å². The number of hydrogen-bond donors (Lipinski definition) is 2. The van der Waals surface area contributed by atoms with Gasteiger partial charge in [0, 0.05) is 35.9 Å². The van der Waals surface area contributed by atoms with Crippen LogP contribution in [0, 0.1) is 0 Å². The SMILES string of the molecule is NC1c2ccccc2CCc2ccncc21.ON=C1c2ccccc2CCc2ccncc21. The lowest BCUT2D eigenvalue weighted by atomic mass is 9.97. The first-order chi connectivity index (χ1) is 16.3. The predicted molar refractivity (Wildman–Crippen MR) is 130 cm³/mol. The molecule has 0 saturated heterocycles. The summed E-state index contributed by atoms with van der Waals surface area (Å²) in [5.74, 6) is 0. The van der Waals surface area contributed by atoms with Crippen LogP contribution in [0.3, 0.4) is 0 Å². The summed E-state index contributed by atoms with van der Waals surface area (Å²) in [4.78, 5) is 8.30. The van der Waals surface area contributed by atoms with Crippen LogP contribution < -0.4 is 5.73 Å². The molecule has 2 aliphatic rings. The minimum atomic E-state index is -0.0256. The molecular formula is C28H26N4O. The summed E-state index contributed by atoms with van der Waals surface area (Å²) < 4.78 is 0. The number of aromatic nitrogens is 2. The van der Waals surface area contributed by atoms with Gasteiger partial charge in [-0.05, 0) is 71.2 Å². The second-order valence-electron chi connectivity index (χ2n) is 8.39. The second-order valence-corrected chi connectivity index (χ2v) is 8.39. The van der Waals surface area contributed by atoms with Crippen LogP contribution in [0.15, 0.2) is 90.6 Å². The van der Waals surface area contributed by atoms with Crippen molar-refractivity contribution in [2.24, 2.45) is 10.9 Å². The van der Waals surface area contributed by atoms with Gasteiger partial charge in [-0.3, -0.25) is 9.97 Å². The van der Waals surface area contributed by atoms with E-state index >= 15 is 0 Å². The standard InChI is InChI=1S/C14H12N2O.C14H14N2/c17-16-14-12-4-2-1-3-10(12)5-6-11-7-8-15-9-13(11)14;15-14-12-4-2-1-3-10(12)5-6-11-7-8-16-9-13(11)14/h1-4,7-9,17H,5-6H2;1-4,7-9,14H,5-6,15H2. The molecule has 0 saturated carbocycles. The van der Waals surface area contributed by atoms with Gasteiger partial charge in [0.25, 0.3) is 0 Å². The largest absolute Gasteiger partial charge is 0.410 e. The number of nitrogens with two attached hydrogens (primary N) is 1. The van der Waals surface area contributed by atoms with E-state index in [1.54, 1.807) is 12.4 Å². The molecule has 6 rings (SSSR count). The fourth-order valence-electron chi connectivity index (χ4n) is 4.79. The van der Waals surface area contributed by atoms with Gasteiger partial charge in [0.15, 0.2) is 0 Å². The van der Waals surface area contributed by atoms with Crippen molar-refractivity contribution in [3.8, 4) is 0 Å². The summed E-state index contributed by atoms with van der Waals surface area (Å²) in [6.45, 7) is 0. The van der Waals surface area contributed by atoms with Gasteiger partial charge >= 0.3 is 0 Å². The lowest BCUT2D eigenvalue weighted by Gasteiger charge is -2.14. The van der Waals surface area contributed by atoms with Crippen molar-refractivity contribution >= 4 is 5.71 Å². The topological polar surface area (TPSA) is 84.4 Å². The smallest absolute Gasteiger partial charge is 0.119 e. The summed E-state index contributed by atoms with van der Waals surface area (Å²) in [7, 11) is 0. The Kier molecular flexibility index (Phi) is 5.96. The second kappa shape index (κ2) is 9.35. The van der Waals surface area contributed by atoms with E-state index in [1.165, 1.54) is 33.4 Å². The van der Waals surface area contributed by atoms with Crippen LogP contribution in [0.1, 0.15) is 50.5 Å². The van der Waals surface area contributed by atoms with Crippen LogP contribution in [0.2, 0.25) is 0 Å². The molecule has 5 heteroatoms. The number of oxime groups is 1. The molecule has 33 heavy (non-hydrogen) atoms. The molecule has 2 aliphatic carbocycles. The fourth-order valence-corrected chi connectivity index (χ4v) is 4.79. The highest BCUT2D eigenvalue weighted by Crippen LogP contribution is 2.30. The van der Waals surface area contributed by atoms with Crippen LogP contribution in [0.5, 0.6) is 0 Å². The molecule has 1 unspecified atom stereocenters. The van der Waals surface area contributed by atoms with Crippen molar-refractivity contribution in [1.82, 2.24) is 9.97 Å². The zero-order valence-corrected chi connectivity index (χ0v) is 18.4. The van der Waals surface area contributed by atoms with Gasteiger partial charge in [-0.25, -0.2) is 0 Å². The van der Waals surface area contributed by atoms with Crippen molar-refractivity contribution in [2.45, 2.75) is 31.7 Å². The first kappa shape index (κ1) is 21.0. The Morgan fingerprint density at radius 1 is 0.667 bits per heavy atom. The van der Waals surface area contributed by atoms with Crippen molar-refractivity contribution < 1.29 is 5.21 Å².